The van der Waals surface area contributed by atoms with Crippen molar-refractivity contribution in [3.8, 4) is 5.75 Å². The van der Waals surface area contributed by atoms with Gasteiger partial charge in [0.1, 0.15) is 5.75 Å². The van der Waals surface area contributed by atoms with Crippen LogP contribution in [0.15, 0.2) is 24.3 Å². The van der Waals surface area contributed by atoms with Crippen LogP contribution >= 0.6 is 0 Å². The van der Waals surface area contributed by atoms with Gasteiger partial charge in [-0.15, -0.1) is 0 Å². The summed E-state index contributed by atoms with van der Waals surface area (Å²) in [5.74, 6) is 0.977. The van der Waals surface area contributed by atoms with Crippen molar-refractivity contribution in [1.29, 1.82) is 0 Å². The predicted molar refractivity (Wildman–Crippen MR) is 54.2 cm³/mol. The maximum absolute atomic E-state index is 5.22. The lowest BCUT2D eigenvalue weighted by atomic mass is 9.66. The fraction of sp³-hybridized carbons (Fsp3) is 0.500. The first-order valence-corrected chi connectivity index (χ1v) is 4.89. The van der Waals surface area contributed by atoms with Crippen LogP contribution < -0.4 is 4.74 Å². The normalized spacial score (nSPS) is 19.2. The van der Waals surface area contributed by atoms with Crippen LogP contribution in [-0.4, -0.2) is 7.11 Å². The lowest BCUT2D eigenvalue weighted by molar-refractivity contribution is 0.271. The fourth-order valence-corrected chi connectivity index (χ4v) is 1.99. The molecule has 1 aromatic carbocycles. The van der Waals surface area contributed by atoms with E-state index in [4.69, 9.17) is 4.74 Å². The summed E-state index contributed by atoms with van der Waals surface area (Å²) in [5.41, 5.74) is 1.85. The third-order valence-corrected chi connectivity index (χ3v) is 3.22. The van der Waals surface area contributed by atoms with Gasteiger partial charge in [0.25, 0.3) is 0 Å². The van der Waals surface area contributed by atoms with Gasteiger partial charge in [0.05, 0.1) is 7.11 Å². The monoisotopic (exact) mass is 176 g/mol. The van der Waals surface area contributed by atoms with Gasteiger partial charge in [-0.3, -0.25) is 0 Å². The third-order valence-electron chi connectivity index (χ3n) is 3.22. The van der Waals surface area contributed by atoms with Crippen LogP contribution in [0.1, 0.15) is 31.7 Å². The Morgan fingerprint density at radius 2 is 2.08 bits per heavy atom. The highest BCUT2D eigenvalue weighted by molar-refractivity contribution is 5.34. The molecule has 0 N–H and O–H groups in total. The lowest BCUT2D eigenvalue weighted by Crippen LogP contribution is -2.30. The molecule has 0 spiro atoms. The Balaban J connectivity index is 2.29. The minimum Gasteiger partial charge on any atom is -0.497 e. The summed E-state index contributed by atoms with van der Waals surface area (Å²) in [6.07, 6.45) is 4.01. The minimum atomic E-state index is 0.425. The van der Waals surface area contributed by atoms with E-state index in [1.54, 1.807) is 7.11 Å². The number of methoxy groups -OCH3 is 1. The second-order valence-corrected chi connectivity index (χ2v) is 4.15. The van der Waals surface area contributed by atoms with Crippen LogP contribution in [-0.2, 0) is 5.41 Å². The van der Waals surface area contributed by atoms with Crippen molar-refractivity contribution in [2.75, 3.05) is 7.11 Å². The summed E-state index contributed by atoms with van der Waals surface area (Å²) in [6.45, 7) is 2.34. The molecule has 0 unspecified atom stereocenters. The van der Waals surface area contributed by atoms with Gasteiger partial charge in [-0.05, 0) is 36.0 Å². The van der Waals surface area contributed by atoms with Crippen LogP contribution in [0.3, 0.4) is 0 Å². The first-order chi connectivity index (χ1) is 6.24. The Kier molecular flexibility index (Phi) is 2.03. The molecule has 1 nitrogen and oxygen atoms in total. The van der Waals surface area contributed by atoms with Crippen molar-refractivity contribution < 1.29 is 4.74 Å². The molecule has 0 saturated heterocycles. The van der Waals surface area contributed by atoms with Crippen LogP contribution in [0.2, 0.25) is 0 Å². The Labute approximate surface area is 79.7 Å². The quantitative estimate of drug-likeness (QED) is 0.672. The van der Waals surface area contributed by atoms with Crippen LogP contribution in [0, 0.1) is 0 Å². The van der Waals surface area contributed by atoms with Crippen LogP contribution in [0.5, 0.6) is 5.75 Å². The Morgan fingerprint density at radius 3 is 2.62 bits per heavy atom. The van der Waals surface area contributed by atoms with E-state index in [-0.39, 0.29) is 0 Å². The predicted octanol–water partition coefficient (Wildman–Crippen LogP) is 3.14. The number of benzene rings is 1. The van der Waals surface area contributed by atoms with Crippen molar-refractivity contribution >= 4 is 0 Å². The molecule has 1 fully saturated rings. The lowest BCUT2D eigenvalue weighted by Gasteiger charge is -2.39. The molecule has 1 saturated carbocycles. The number of hydrogen-bond acceptors (Lipinski definition) is 1. The smallest absolute Gasteiger partial charge is 0.119 e. The topological polar surface area (TPSA) is 9.23 Å². The van der Waals surface area contributed by atoms with E-state index in [0.717, 1.165) is 5.75 Å². The first kappa shape index (κ1) is 8.61. The molecule has 0 aliphatic heterocycles. The maximum Gasteiger partial charge on any atom is 0.119 e. The average molecular weight is 176 g/mol. The van der Waals surface area contributed by atoms with Gasteiger partial charge in [-0.25, -0.2) is 0 Å². The van der Waals surface area contributed by atoms with E-state index in [1.165, 1.54) is 24.8 Å². The largest absolute Gasteiger partial charge is 0.497 e. The Morgan fingerprint density at radius 1 is 1.31 bits per heavy atom. The van der Waals surface area contributed by atoms with Crippen LogP contribution in [0.4, 0.5) is 0 Å². The zero-order valence-electron chi connectivity index (χ0n) is 8.34. The zero-order valence-corrected chi connectivity index (χ0v) is 8.34. The van der Waals surface area contributed by atoms with E-state index in [2.05, 4.69) is 25.1 Å². The molecule has 70 valence electrons. The highest BCUT2D eigenvalue weighted by atomic mass is 16.5. The van der Waals surface area contributed by atoms with E-state index in [0.29, 0.717) is 5.41 Å². The number of hydrogen-bond donors (Lipinski definition) is 0. The molecule has 1 heteroatoms. The maximum atomic E-state index is 5.22. The molecule has 13 heavy (non-hydrogen) atoms. The zero-order chi connectivity index (χ0) is 9.31. The summed E-state index contributed by atoms with van der Waals surface area (Å²) in [4.78, 5) is 0. The van der Waals surface area contributed by atoms with E-state index < -0.39 is 0 Å². The average Bonchev–Trinajstić information content (AvgIpc) is 2.14. The molecule has 0 bridgehead atoms. The fourth-order valence-electron chi connectivity index (χ4n) is 1.99. The standard InChI is InChI=1S/C12H16O/c1-12(7-4-8-12)10-5-3-6-11(9-10)13-2/h3,5-6,9H,4,7-8H2,1-2H3. The summed E-state index contributed by atoms with van der Waals surface area (Å²) in [6, 6.07) is 8.46. The van der Waals surface area contributed by atoms with Gasteiger partial charge in [-0.2, -0.15) is 0 Å². The van der Waals surface area contributed by atoms with Crippen molar-refractivity contribution in [1.82, 2.24) is 0 Å². The van der Waals surface area contributed by atoms with Gasteiger partial charge in [0, 0.05) is 0 Å². The Bertz CT molecular complexity index is 300. The molecule has 0 aromatic heterocycles. The van der Waals surface area contributed by atoms with Gasteiger partial charge in [0.15, 0.2) is 0 Å². The summed E-state index contributed by atoms with van der Waals surface area (Å²) >= 11 is 0. The van der Waals surface area contributed by atoms with Gasteiger partial charge < -0.3 is 4.74 Å². The molecule has 0 atom stereocenters. The van der Waals surface area contributed by atoms with Crippen molar-refractivity contribution in [3.63, 3.8) is 0 Å². The highest BCUT2D eigenvalue weighted by Gasteiger charge is 2.33. The van der Waals surface area contributed by atoms with E-state index >= 15 is 0 Å². The molecular weight excluding hydrogens is 160 g/mol. The first-order valence-electron chi connectivity index (χ1n) is 4.89. The SMILES string of the molecule is COc1cccc(C2(C)CCC2)c1. The van der Waals surface area contributed by atoms with E-state index in [1.807, 2.05) is 6.07 Å². The molecule has 0 amide bonds. The number of ether oxygens (including phenoxy) is 1. The molecule has 1 aliphatic rings. The van der Waals surface area contributed by atoms with Gasteiger partial charge in [-0.1, -0.05) is 25.5 Å². The minimum absolute atomic E-state index is 0.425. The Hall–Kier alpha value is -0.980. The molecule has 1 aliphatic carbocycles. The molecule has 0 radical (unpaired) electrons. The number of rotatable bonds is 2. The molecule has 2 rings (SSSR count). The second-order valence-electron chi connectivity index (χ2n) is 4.15. The second kappa shape index (κ2) is 3.06. The highest BCUT2D eigenvalue weighted by Crippen LogP contribution is 2.43. The molecule has 1 aromatic rings. The van der Waals surface area contributed by atoms with Crippen molar-refractivity contribution in [2.24, 2.45) is 0 Å². The van der Waals surface area contributed by atoms with Gasteiger partial charge >= 0.3 is 0 Å². The summed E-state index contributed by atoms with van der Waals surface area (Å²) in [5, 5.41) is 0. The summed E-state index contributed by atoms with van der Waals surface area (Å²) in [7, 11) is 1.72. The molecular formula is C12H16O. The summed E-state index contributed by atoms with van der Waals surface area (Å²) < 4.78 is 5.22. The van der Waals surface area contributed by atoms with E-state index in [9.17, 15) is 0 Å². The molecule has 0 heterocycles. The van der Waals surface area contributed by atoms with Crippen molar-refractivity contribution in [2.45, 2.75) is 31.6 Å². The van der Waals surface area contributed by atoms with Crippen LogP contribution in [0.25, 0.3) is 0 Å². The van der Waals surface area contributed by atoms with Crippen molar-refractivity contribution in [3.05, 3.63) is 29.8 Å². The van der Waals surface area contributed by atoms with Gasteiger partial charge in [0.2, 0.25) is 0 Å². The third kappa shape index (κ3) is 1.43.